The maximum atomic E-state index is 14.1. The summed E-state index contributed by atoms with van der Waals surface area (Å²) in [6, 6.07) is 3.95. The fourth-order valence-electron chi connectivity index (χ4n) is 4.08. The molecule has 178 valence electrons. The van der Waals surface area contributed by atoms with Gasteiger partial charge in [0.1, 0.15) is 33.4 Å². The molecule has 1 aromatic carbocycles. The van der Waals surface area contributed by atoms with Gasteiger partial charge in [0.25, 0.3) is 0 Å². The van der Waals surface area contributed by atoms with Gasteiger partial charge in [0.05, 0.1) is 24.4 Å². The zero-order chi connectivity index (χ0) is 24.3. The molecule has 3 rings (SSSR count). The number of amides is 1. The number of carbonyl (C=O) groups excluding carboxylic acids is 2. The Balaban J connectivity index is 1.91. The number of esters is 1. The van der Waals surface area contributed by atoms with Crippen LogP contribution in [-0.4, -0.2) is 48.1 Å². The van der Waals surface area contributed by atoms with Crippen molar-refractivity contribution >= 4 is 34.4 Å². The third-order valence-corrected chi connectivity index (χ3v) is 7.03. The molecule has 1 saturated carbocycles. The molecule has 2 aliphatic rings. The molecule has 1 heterocycles. The first-order valence-corrected chi connectivity index (χ1v) is 11.5. The van der Waals surface area contributed by atoms with Gasteiger partial charge < -0.3 is 25.4 Å². The van der Waals surface area contributed by atoms with Crippen LogP contribution in [0.1, 0.15) is 39.5 Å². The fourth-order valence-corrected chi connectivity index (χ4v) is 5.08. The lowest BCUT2D eigenvalue weighted by Gasteiger charge is -2.37. The van der Waals surface area contributed by atoms with Gasteiger partial charge in [-0.3, -0.25) is 10.2 Å². The Hall–Kier alpha value is -3.01. The molecule has 10 heteroatoms. The van der Waals surface area contributed by atoms with Crippen molar-refractivity contribution in [2.75, 3.05) is 19.5 Å². The zero-order valence-electron chi connectivity index (χ0n) is 19.2. The molecule has 0 aromatic heterocycles. The first kappa shape index (κ1) is 24.6. The molecule has 8 nitrogen and oxygen atoms in total. The van der Waals surface area contributed by atoms with Crippen LogP contribution in [0.3, 0.4) is 0 Å². The molecule has 0 spiro atoms. The normalized spacial score (nSPS) is 22.2. The maximum Gasteiger partial charge on any atom is 0.345 e. The highest BCUT2D eigenvalue weighted by molar-refractivity contribution is 8.18. The van der Waals surface area contributed by atoms with E-state index in [9.17, 15) is 14.0 Å². The molecule has 1 aliphatic heterocycles. The second kappa shape index (κ2) is 10.3. The summed E-state index contributed by atoms with van der Waals surface area (Å²) < 4.78 is 25.1. The summed E-state index contributed by atoms with van der Waals surface area (Å²) in [5.41, 5.74) is 7.61. The standard InChI is InChI=1S/C23H29FN4O4S/c1-12-19(22(26)33-20(12)23(30)31-4)21(25)27-15-10-9-14(24)11-18(15)32-17-8-6-5-7-16(17)28(3)13(2)29/h9-11,16-17,26-27H,5-8,25H2,1-4H3/b21-19+,26-22?/t16-,17-/m1/s1. The number of nitrogens with one attached hydrogen (secondary N) is 2. The number of nitrogens with zero attached hydrogens (tertiary/aromatic N) is 1. The number of anilines is 1. The number of allylic oxidation sites excluding steroid dienone is 1. The lowest BCUT2D eigenvalue weighted by atomic mass is 9.91. The van der Waals surface area contributed by atoms with Crippen molar-refractivity contribution in [3.8, 4) is 5.75 Å². The van der Waals surface area contributed by atoms with E-state index >= 15 is 0 Å². The lowest BCUT2D eigenvalue weighted by molar-refractivity contribution is -0.135. The Morgan fingerprint density at radius 1 is 1.30 bits per heavy atom. The van der Waals surface area contributed by atoms with Crippen LogP contribution in [0.2, 0.25) is 0 Å². The summed E-state index contributed by atoms with van der Waals surface area (Å²) in [6.45, 7) is 3.21. The van der Waals surface area contributed by atoms with E-state index in [0.717, 1.165) is 37.4 Å². The topological polar surface area (TPSA) is 118 Å². The Kier molecular flexibility index (Phi) is 7.68. The van der Waals surface area contributed by atoms with Crippen molar-refractivity contribution in [3.63, 3.8) is 0 Å². The van der Waals surface area contributed by atoms with Crippen molar-refractivity contribution in [3.05, 3.63) is 45.9 Å². The molecular formula is C23H29FN4O4S. The van der Waals surface area contributed by atoms with Crippen molar-refractivity contribution in [1.29, 1.82) is 5.41 Å². The summed E-state index contributed by atoms with van der Waals surface area (Å²) >= 11 is 0.976. The maximum absolute atomic E-state index is 14.1. The molecule has 1 fully saturated rings. The zero-order valence-corrected chi connectivity index (χ0v) is 20.0. The van der Waals surface area contributed by atoms with Crippen molar-refractivity contribution < 1.29 is 23.5 Å². The Morgan fingerprint density at radius 2 is 2.00 bits per heavy atom. The molecule has 0 bridgehead atoms. The van der Waals surface area contributed by atoms with E-state index in [-0.39, 0.29) is 34.7 Å². The molecule has 1 aromatic rings. The number of nitrogens with two attached hydrogens (primary N) is 1. The van der Waals surface area contributed by atoms with Gasteiger partial charge in [0.15, 0.2) is 0 Å². The number of likely N-dealkylation sites (N-methyl/N-ethyl adjacent to an activating group) is 1. The van der Waals surface area contributed by atoms with Gasteiger partial charge in [-0.1, -0.05) is 18.2 Å². The third kappa shape index (κ3) is 5.32. The van der Waals surface area contributed by atoms with Gasteiger partial charge in [-0.2, -0.15) is 0 Å². The fraction of sp³-hybridized carbons (Fsp3) is 0.435. The predicted octanol–water partition coefficient (Wildman–Crippen LogP) is 3.75. The number of hydrogen-bond acceptors (Lipinski definition) is 8. The first-order chi connectivity index (χ1) is 15.6. The van der Waals surface area contributed by atoms with Crippen LogP contribution in [0.5, 0.6) is 5.75 Å². The number of carbonyl (C=O) groups is 2. The largest absolute Gasteiger partial charge is 0.486 e. The predicted molar refractivity (Wildman–Crippen MR) is 126 cm³/mol. The van der Waals surface area contributed by atoms with Gasteiger partial charge in [0.2, 0.25) is 5.91 Å². The Bertz CT molecular complexity index is 1040. The minimum absolute atomic E-state index is 0.0528. The van der Waals surface area contributed by atoms with E-state index in [4.69, 9.17) is 20.6 Å². The van der Waals surface area contributed by atoms with Gasteiger partial charge in [-0.15, -0.1) is 0 Å². The molecule has 0 unspecified atom stereocenters. The van der Waals surface area contributed by atoms with Gasteiger partial charge >= 0.3 is 5.97 Å². The van der Waals surface area contributed by atoms with Crippen LogP contribution < -0.4 is 15.8 Å². The summed E-state index contributed by atoms with van der Waals surface area (Å²) in [7, 11) is 3.03. The minimum Gasteiger partial charge on any atom is -0.486 e. The smallest absolute Gasteiger partial charge is 0.345 e. The van der Waals surface area contributed by atoms with Crippen molar-refractivity contribution in [1.82, 2.24) is 4.90 Å². The highest BCUT2D eigenvalue weighted by Gasteiger charge is 2.33. The molecule has 1 amide bonds. The molecular weight excluding hydrogens is 447 g/mol. The highest BCUT2D eigenvalue weighted by Crippen LogP contribution is 2.39. The van der Waals surface area contributed by atoms with E-state index in [0.29, 0.717) is 21.7 Å². The summed E-state index contributed by atoms with van der Waals surface area (Å²) in [5, 5.41) is 11.4. The van der Waals surface area contributed by atoms with Crippen molar-refractivity contribution in [2.45, 2.75) is 51.7 Å². The summed E-state index contributed by atoms with van der Waals surface area (Å²) in [6.07, 6.45) is 3.19. The molecule has 2 atom stereocenters. The van der Waals surface area contributed by atoms with Crippen molar-refractivity contribution in [2.24, 2.45) is 5.73 Å². The van der Waals surface area contributed by atoms with Gasteiger partial charge in [0, 0.05) is 20.0 Å². The van der Waals surface area contributed by atoms with Crippen LogP contribution >= 0.6 is 11.8 Å². The average molecular weight is 477 g/mol. The number of ether oxygens (including phenoxy) is 2. The number of hydrogen-bond donors (Lipinski definition) is 3. The highest BCUT2D eigenvalue weighted by atomic mass is 32.2. The van der Waals surface area contributed by atoms with Crippen LogP contribution in [0.25, 0.3) is 0 Å². The third-order valence-electron chi connectivity index (χ3n) is 5.94. The first-order valence-electron chi connectivity index (χ1n) is 10.7. The number of thioether (sulfide) groups is 1. The second-order valence-corrected chi connectivity index (χ2v) is 9.09. The lowest BCUT2D eigenvalue weighted by Crippen LogP contribution is -2.48. The second-order valence-electron chi connectivity index (χ2n) is 8.07. The Morgan fingerprint density at radius 3 is 2.67 bits per heavy atom. The van der Waals surface area contributed by atoms with Gasteiger partial charge in [-0.25, -0.2) is 9.18 Å². The quantitative estimate of drug-likeness (QED) is 0.535. The molecule has 0 radical (unpaired) electrons. The molecule has 0 saturated heterocycles. The van der Waals surface area contributed by atoms with Crippen LogP contribution in [0.4, 0.5) is 10.1 Å². The van der Waals surface area contributed by atoms with Crippen LogP contribution in [0, 0.1) is 11.2 Å². The SMILES string of the molecule is COC(=O)C1=C(C)/C(=C(/N)Nc2ccc(F)cc2O[C@@H]2CCCC[C@H]2N(C)C(C)=O)C(=N)S1. The minimum atomic E-state index is -0.534. The number of methoxy groups -OCH3 is 1. The van der Waals surface area contributed by atoms with Crippen LogP contribution in [-0.2, 0) is 14.3 Å². The van der Waals surface area contributed by atoms with E-state index < -0.39 is 11.8 Å². The monoisotopic (exact) mass is 476 g/mol. The van der Waals surface area contributed by atoms with E-state index in [1.165, 1.54) is 32.2 Å². The summed E-state index contributed by atoms with van der Waals surface area (Å²) in [4.78, 5) is 25.9. The number of rotatable bonds is 6. The number of benzene rings is 1. The number of halogens is 1. The molecule has 4 N–H and O–H groups in total. The average Bonchev–Trinajstić information content (AvgIpc) is 3.08. The van der Waals surface area contributed by atoms with E-state index in [1.807, 2.05) is 0 Å². The van der Waals surface area contributed by atoms with E-state index in [1.54, 1.807) is 18.9 Å². The van der Waals surface area contributed by atoms with Gasteiger partial charge in [-0.05, 0) is 43.9 Å². The summed E-state index contributed by atoms with van der Waals surface area (Å²) in [5.74, 6) is -0.653. The van der Waals surface area contributed by atoms with E-state index in [2.05, 4.69) is 5.32 Å². The Labute approximate surface area is 196 Å². The van der Waals surface area contributed by atoms with Crippen LogP contribution in [0.15, 0.2) is 40.1 Å². The molecule has 1 aliphatic carbocycles. The molecule has 33 heavy (non-hydrogen) atoms.